The minimum absolute atomic E-state index is 0.00511. The van der Waals surface area contributed by atoms with Crippen molar-refractivity contribution in [3.63, 3.8) is 0 Å². The summed E-state index contributed by atoms with van der Waals surface area (Å²) in [5, 5.41) is 0. The van der Waals surface area contributed by atoms with Gasteiger partial charge in [0, 0.05) is 19.8 Å². The lowest BCUT2D eigenvalue weighted by Crippen LogP contribution is -2.36. The maximum absolute atomic E-state index is 11.4. The number of hydrogen-bond donors (Lipinski definition) is 2. The second-order valence-electron chi connectivity index (χ2n) is 3.63. The summed E-state index contributed by atoms with van der Waals surface area (Å²) in [5.74, 6) is 0.0887. The van der Waals surface area contributed by atoms with Crippen molar-refractivity contribution in [2.75, 3.05) is 25.5 Å². The largest absolute Gasteiger partial charge is 0.392 e. The molecule has 88 valence electrons. The van der Waals surface area contributed by atoms with Crippen LogP contribution >= 0.6 is 12.2 Å². The molecule has 0 radical (unpaired) electrons. The first kappa shape index (κ1) is 12.8. The topological polar surface area (TPSA) is 81.4 Å². The third kappa shape index (κ3) is 5.41. The quantitative estimate of drug-likeness (QED) is 0.652. The highest BCUT2D eigenvalue weighted by Crippen LogP contribution is 2.13. The Bertz CT molecular complexity index is 310. The fourth-order valence-corrected chi connectivity index (χ4v) is 2.87. The van der Waals surface area contributed by atoms with Crippen molar-refractivity contribution < 1.29 is 13.2 Å². The van der Waals surface area contributed by atoms with Gasteiger partial charge in [-0.2, -0.15) is 0 Å². The minimum atomic E-state index is -3.34. The van der Waals surface area contributed by atoms with Crippen molar-refractivity contribution in [1.82, 2.24) is 4.72 Å². The molecule has 5 nitrogen and oxygen atoms in total. The van der Waals surface area contributed by atoms with Crippen LogP contribution in [0.5, 0.6) is 0 Å². The van der Waals surface area contributed by atoms with Gasteiger partial charge in [0.25, 0.3) is 0 Å². The Morgan fingerprint density at radius 3 is 2.60 bits per heavy atom. The smallest absolute Gasteiger partial charge is 0.218 e. The van der Waals surface area contributed by atoms with Crippen LogP contribution in [0.1, 0.15) is 12.8 Å². The number of sulfonamides is 1. The van der Waals surface area contributed by atoms with Crippen molar-refractivity contribution in [3.05, 3.63) is 0 Å². The highest BCUT2D eigenvalue weighted by atomic mass is 32.2. The van der Waals surface area contributed by atoms with Crippen LogP contribution in [0, 0.1) is 5.92 Å². The van der Waals surface area contributed by atoms with Crippen molar-refractivity contribution in [2.45, 2.75) is 12.8 Å². The van der Waals surface area contributed by atoms with E-state index < -0.39 is 10.0 Å². The van der Waals surface area contributed by atoms with Crippen LogP contribution in [-0.2, 0) is 14.8 Å². The molecule has 0 bridgehead atoms. The van der Waals surface area contributed by atoms with E-state index in [1.165, 1.54) is 0 Å². The van der Waals surface area contributed by atoms with E-state index in [2.05, 4.69) is 16.9 Å². The van der Waals surface area contributed by atoms with Crippen molar-refractivity contribution in [1.29, 1.82) is 0 Å². The molecule has 3 N–H and O–H groups in total. The highest BCUT2D eigenvalue weighted by Gasteiger charge is 2.17. The number of thiocarbonyl (C=S) groups is 1. The van der Waals surface area contributed by atoms with E-state index in [0.29, 0.717) is 25.7 Å². The molecule has 0 amide bonds. The van der Waals surface area contributed by atoms with E-state index in [9.17, 15) is 8.42 Å². The molecule has 1 saturated heterocycles. The van der Waals surface area contributed by atoms with Gasteiger partial charge in [-0.15, -0.1) is 0 Å². The lowest BCUT2D eigenvalue weighted by atomic mass is 10.0. The van der Waals surface area contributed by atoms with Crippen LogP contribution in [0.3, 0.4) is 0 Å². The summed E-state index contributed by atoms with van der Waals surface area (Å²) in [6.45, 7) is 1.87. The summed E-state index contributed by atoms with van der Waals surface area (Å²) in [5.41, 5.74) is 5.18. The van der Waals surface area contributed by atoms with Gasteiger partial charge >= 0.3 is 0 Å². The Balaban J connectivity index is 2.31. The van der Waals surface area contributed by atoms with Crippen LogP contribution in [-0.4, -0.2) is 38.9 Å². The molecule has 1 heterocycles. The summed E-state index contributed by atoms with van der Waals surface area (Å²) in [4.78, 5) is -0.00511. The number of nitrogens with one attached hydrogen (secondary N) is 1. The normalized spacial score (nSPS) is 18.9. The molecule has 1 fully saturated rings. The fraction of sp³-hybridized carbons (Fsp3) is 0.875. The van der Waals surface area contributed by atoms with E-state index >= 15 is 0 Å². The van der Waals surface area contributed by atoms with Gasteiger partial charge in [0.15, 0.2) is 0 Å². The summed E-state index contributed by atoms with van der Waals surface area (Å²) < 4.78 is 30.4. The Hall–Kier alpha value is -0.240. The molecule has 0 aromatic heterocycles. The number of ether oxygens (including phenoxy) is 1. The molecular formula is C8H16N2O3S2. The summed E-state index contributed by atoms with van der Waals surface area (Å²) >= 11 is 4.55. The van der Waals surface area contributed by atoms with Crippen LogP contribution < -0.4 is 10.5 Å². The van der Waals surface area contributed by atoms with Gasteiger partial charge in [0.2, 0.25) is 10.0 Å². The van der Waals surface area contributed by atoms with Gasteiger partial charge in [0.05, 0.1) is 4.99 Å². The number of hydrogen-bond acceptors (Lipinski definition) is 4. The molecule has 0 saturated carbocycles. The standard InChI is InChI=1S/C8H16N2O3S2/c9-8(14)6-15(11,12)10-5-7-1-3-13-4-2-7/h7,10H,1-6H2,(H2,9,14). The van der Waals surface area contributed by atoms with E-state index in [-0.39, 0.29) is 10.7 Å². The Kier molecular flexibility index (Phi) is 4.91. The van der Waals surface area contributed by atoms with Gasteiger partial charge < -0.3 is 10.5 Å². The lowest BCUT2D eigenvalue weighted by molar-refractivity contribution is 0.0678. The molecule has 1 rings (SSSR count). The van der Waals surface area contributed by atoms with Crippen molar-refractivity contribution >= 4 is 27.2 Å². The van der Waals surface area contributed by atoms with Crippen molar-refractivity contribution in [2.24, 2.45) is 11.7 Å². The summed E-state index contributed by atoms with van der Waals surface area (Å²) in [6.07, 6.45) is 1.80. The average molecular weight is 252 g/mol. The van der Waals surface area contributed by atoms with Gasteiger partial charge in [-0.3, -0.25) is 0 Å². The predicted octanol–water partition coefficient (Wildman–Crippen LogP) is -0.381. The zero-order chi connectivity index (χ0) is 11.3. The van der Waals surface area contributed by atoms with E-state index in [1.807, 2.05) is 0 Å². The zero-order valence-electron chi connectivity index (χ0n) is 8.44. The zero-order valence-corrected chi connectivity index (χ0v) is 10.1. The van der Waals surface area contributed by atoms with Crippen molar-refractivity contribution in [3.8, 4) is 0 Å². The molecule has 0 unspecified atom stereocenters. The molecule has 0 aliphatic carbocycles. The monoisotopic (exact) mass is 252 g/mol. The molecule has 15 heavy (non-hydrogen) atoms. The van der Waals surface area contributed by atoms with Crippen LogP contribution in [0.2, 0.25) is 0 Å². The molecule has 0 aromatic rings. The SMILES string of the molecule is NC(=S)CS(=O)(=O)NCC1CCOCC1. The van der Waals surface area contributed by atoms with Gasteiger partial charge in [-0.05, 0) is 18.8 Å². The Morgan fingerprint density at radius 1 is 1.47 bits per heavy atom. The minimum Gasteiger partial charge on any atom is -0.392 e. The van der Waals surface area contributed by atoms with Crippen LogP contribution in [0.4, 0.5) is 0 Å². The van der Waals surface area contributed by atoms with Crippen LogP contribution in [0.25, 0.3) is 0 Å². The molecule has 0 atom stereocenters. The summed E-state index contributed by atoms with van der Waals surface area (Å²) in [7, 11) is -3.34. The molecule has 1 aliphatic rings. The third-order valence-electron chi connectivity index (χ3n) is 2.27. The third-order valence-corrected chi connectivity index (χ3v) is 3.89. The average Bonchev–Trinajstić information content (AvgIpc) is 2.15. The van der Waals surface area contributed by atoms with E-state index in [1.54, 1.807) is 0 Å². The fourth-order valence-electron chi connectivity index (χ4n) is 1.43. The Morgan fingerprint density at radius 2 is 2.07 bits per heavy atom. The second-order valence-corrected chi connectivity index (χ2v) is 5.96. The molecular weight excluding hydrogens is 236 g/mol. The maximum Gasteiger partial charge on any atom is 0.218 e. The first-order valence-corrected chi connectivity index (χ1v) is 6.89. The van der Waals surface area contributed by atoms with Gasteiger partial charge in [-0.25, -0.2) is 13.1 Å². The summed E-state index contributed by atoms with van der Waals surface area (Å²) in [6, 6.07) is 0. The molecule has 0 spiro atoms. The molecule has 1 aliphatic heterocycles. The predicted molar refractivity (Wildman–Crippen MR) is 62.1 cm³/mol. The van der Waals surface area contributed by atoms with Crippen LogP contribution in [0.15, 0.2) is 0 Å². The lowest BCUT2D eigenvalue weighted by Gasteiger charge is -2.21. The first-order chi connectivity index (χ1) is 6.99. The van der Waals surface area contributed by atoms with Gasteiger partial charge in [0.1, 0.15) is 5.75 Å². The number of rotatable bonds is 5. The second kappa shape index (κ2) is 5.74. The first-order valence-electron chi connectivity index (χ1n) is 4.83. The Labute approximate surface area is 95.4 Å². The number of nitrogens with two attached hydrogens (primary N) is 1. The van der Waals surface area contributed by atoms with E-state index in [0.717, 1.165) is 12.8 Å². The van der Waals surface area contributed by atoms with Gasteiger partial charge in [-0.1, -0.05) is 12.2 Å². The highest BCUT2D eigenvalue weighted by molar-refractivity contribution is 7.92. The van der Waals surface area contributed by atoms with E-state index in [4.69, 9.17) is 10.5 Å². The maximum atomic E-state index is 11.4. The molecule has 7 heteroatoms. The molecule has 0 aromatic carbocycles.